The van der Waals surface area contributed by atoms with Crippen LogP contribution >= 0.6 is 15.9 Å². The van der Waals surface area contributed by atoms with E-state index in [1.165, 1.54) is 0 Å². The maximum atomic E-state index is 12.2. The first-order valence-electron chi connectivity index (χ1n) is 5.21. The third kappa shape index (κ3) is 2.62. The van der Waals surface area contributed by atoms with E-state index in [9.17, 15) is 9.90 Å². The van der Waals surface area contributed by atoms with Gasteiger partial charge < -0.3 is 5.11 Å². The van der Waals surface area contributed by atoms with E-state index in [4.69, 9.17) is 0 Å². The summed E-state index contributed by atoms with van der Waals surface area (Å²) in [6.45, 7) is -0.145. The lowest BCUT2D eigenvalue weighted by Gasteiger charge is -2.07. The Balaban J connectivity index is 2.44. The lowest BCUT2D eigenvalue weighted by Crippen LogP contribution is -2.05. The Labute approximate surface area is 108 Å². The first kappa shape index (κ1) is 12.0. The molecule has 0 aromatic heterocycles. The average molecular weight is 291 g/mol. The third-order valence-electron chi connectivity index (χ3n) is 2.52. The number of ketones is 1. The molecule has 0 aliphatic carbocycles. The van der Waals surface area contributed by atoms with Gasteiger partial charge >= 0.3 is 0 Å². The summed E-state index contributed by atoms with van der Waals surface area (Å²) in [5.74, 6) is -0.0675. The predicted octanol–water partition coefficient (Wildman–Crippen LogP) is 3.17. The zero-order chi connectivity index (χ0) is 12.3. The van der Waals surface area contributed by atoms with Gasteiger partial charge in [0.15, 0.2) is 5.78 Å². The molecule has 2 aromatic rings. The molecule has 2 aromatic carbocycles. The number of benzene rings is 2. The van der Waals surface area contributed by atoms with Gasteiger partial charge in [0.1, 0.15) is 0 Å². The Morgan fingerprint density at radius 3 is 2.47 bits per heavy atom. The van der Waals surface area contributed by atoms with Crippen molar-refractivity contribution in [3.8, 4) is 0 Å². The molecule has 0 saturated heterocycles. The van der Waals surface area contributed by atoms with E-state index >= 15 is 0 Å². The van der Waals surface area contributed by atoms with Gasteiger partial charge in [-0.3, -0.25) is 4.79 Å². The summed E-state index contributed by atoms with van der Waals surface area (Å²) in [4.78, 5) is 12.2. The zero-order valence-electron chi connectivity index (χ0n) is 9.06. The van der Waals surface area contributed by atoms with Crippen molar-refractivity contribution in [3.05, 3.63) is 69.7 Å². The second-order valence-corrected chi connectivity index (χ2v) is 4.57. The van der Waals surface area contributed by atoms with Crippen LogP contribution in [0.1, 0.15) is 21.5 Å². The number of carbonyl (C=O) groups excluding carboxylic acids is 1. The number of aliphatic hydroxyl groups is 1. The molecule has 0 fully saturated rings. The summed E-state index contributed by atoms with van der Waals surface area (Å²) in [6, 6.07) is 14.3. The van der Waals surface area contributed by atoms with Crippen LogP contribution in [0.2, 0.25) is 0 Å². The monoisotopic (exact) mass is 290 g/mol. The number of halogens is 1. The van der Waals surface area contributed by atoms with Crippen LogP contribution in [0.15, 0.2) is 53.0 Å². The second kappa shape index (κ2) is 5.25. The molecule has 0 unspecified atom stereocenters. The Morgan fingerprint density at radius 1 is 1.12 bits per heavy atom. The van der Waals surface area contributed by atoms with E-state index in [-0.39, 0.29) is 12.4 Å². The number of carbonyl (C=O) groups is 1. The normalized spacial score (nSPS) is 10.2. The highest BCUT2D eigenvalue weighted by Crippen LogP contribution is 2.19. The van der Waals surface area contributed by atoms with Crippen molar-refractivity contribution in [1.82, 2.24) is 0 Å². The largest absolute Gasteiger partial charge is 0.392 e. The fourth-order valence-electron chi connectivity index (χ4n) is 1.66. The molecule has 86 valence electrons. The highest BCUT2D eigenvalue weighted by atomic mass is 79.9. The van der Waals surface area contributed by atoms with Crippen molar-refractivity contribution in [1.29, 1.82) is 0 Å². The average Bonchev–Trinajstić information content (AvgIpc) is 2.39. The molecule has 2 rings (SSSR count). The van der Waals surface area contributed by atoms with Crippen LogP contribution in [-0.4, -0.2) is 10.9 Å². The number of hydrogen-bond acceptors (Lipinski definition) is 2. The quantitative estimate of drug-likeness (QED) is 0.882. The minimum absolute atomic E-state index is 0.0675. The van der Waals surface area contributed by atoms with Crippen molar-refractivity contribution in [2.75, 3.05) is 0 Å². The summed E-state index contributed by atoms with van der Waals surface area (Å²) in [6.07, 6.45) is 0. The number of aliphatic hydroxyl groups excluding tert-OH is 1. The number of hydrogen-bond donors (Lipinski definition) is 1. The topological polar surface area (TPSA) is 37.3 Å². The van der Waals surface area contributed by atoms with E-state index in [1.807, 2.05) is 18.2 Å². The summed E-state index contributed by atoms with van der Waals surface area (Å²) < 4.78 is 0.853. The molecule has 0 atom stereocenters. The van der Waals surface area contributed by atoms with E-state index < -0.39 is 0 Å². The van der Waals surface area contributed by atoms with Crippen LogP contribution < -0.4 is 0 Å². The first-order valence-corrected chi connectivity index (χ1v) is 6.00. The maximum Gasteiger partial charge on any atom is 0.193 e. The van der Waals surface area contributed by atoms with Crippen LogP contribution in [0, 0.1) is 0 Å². The van der Waals surface area contributed by atoms with Gasteiger partial charge in [0.05, 0.1) is 6.61 Å². The Bertz CT molecular complexity index is 535. The van der Waals surface area contributed by atoms with Gasteiger partial charge in [-0.1, -0.05) is 46.3 Å². The SMILES string of the molecule is O=C(c1ccccc1)c1ccc(Br)cc1CO. The second-order valence-electron chi connectivity index (χ2n) is 3.65. The fourth-order valence-corrected chi connectivity index (χ4v) is 2.07. The van der Waals surface area contributed by atoms with Gasteiger partial charge in [-0.15, -0.1) is 0 Å². The molecular weight excluding hydrogens is 280 g/mol. The zero-order valence-corrected chi connectivity index (χ0v) is 10.6. The molecule has 0 radical (unpaired) electrons. The Morgan fingerprint density at radius 2 is 1.82 bits per heavy atom. The molecule has 17 heavy (non-hydrogen) atoms. The Kier molecular flexibility index (Phi) is 3.71. The molecule has 0 spiro atoms. The van der Waals surface area contributed by atoms with Crippen molar-refractivity contribution in [3.63, 3.8) is 0 Å². The molecule has 0 bridgehead atoms. The van der Waals surface area contributed by atoms with Crippen LogP contribution in [-0.2, 0) is 6.61 Å². The molecule has 0 amide bonds. The molecule has 0 aliphatic rings. The van der Waals surface area contributed by atoms with Crippen molar-refractivity contribution in [2.45, 2.75) is 6.61 Å². The van der Waals surface area contributed by atoms with Gasteiger partial charge in [0.25, 0.3) is 0 Å². The van der Waals surface area contributed by atoms with Crippen molar-refractivity contribution < 1.29 is 9.90 Å². The van der Waals surface area contributed by atoms with Gasteiger partial charge in [0, 0.05) is 15.6 Å². The summed E-state index contributed by atoms with van der Waals surface area (Å²) in [5.41, 5.74) is 1.81. The lowest BCUT2D eigenvalue weighted by molar-refractivity contribution is 0.103. The summed E-state index contributed by atoms with van der Waals surface area (Å²) in [7, 11) is 0. The number of rotatable bonds is 3. The minimum atomic E-state index is -0.145. The van der Waals surface area contributed by atoms with E-state index in [0.29, 0.717) is 16.7 Å². The highest BCUT2D eigenvalue weighted by Gasteiger charge is 2.12. The van der Waals surface area contributed by atoms with Gasteiger partial charge in [-0.25, -0.2) is 0 Å². The van der Waals surface area contributed by atoms with Gasteiger partial charge in [-0.05, 0) is 23.8 Å². The van der Waals surface area contributed by atoms with E-state index in [2.05, 4.69) is 15.9 Å². The lowest BCUT2D eigenvalue weighted by atomic mass is 9.99. The molecule has 3 heteroatoms. The van der Waals surface area contributed by atoms with Crippen molar-refractivity contribution in [2.24, 2.45) is 0 Å². The summed E-state index contributed by atoms with van der Waals surface area (Å²) >= 11 is 3.32. The van der Waals surface area contributed by atoms with Crippen LogP contribution in [0.5, 0.6) is 0 Å². The van der Waals surface area contributed by atoms with E-state index in [1.54, 1.807) is 30.3 Å². The molecule has 0 heterocycles. The Hall–Kier alpha value is -1.45. The molecular formula is C14H11BrO2. The molecule has 1 N–H and O–H groups in total. The van der Waals surface area contributed by atoms with Gasteiger partial charge in [0.2, 0.25) is 0 Å². The third-order valence-corrected chi connectivity index (χ3v) is 3.01. The summed E-state index contributed by atoms with van der Waals surface area (Å²) in [5, 5.41) is 9.27. The van der Waals surface area contributed by atoms with E-state index in [0.717, 1.165) is 4.47 Å². The smallest absolute Gasteiger partial charge is 0.193 e. The van der Waals surface area contributed by atoms with Crippen molar-refractivity contribution >= 4 is 21.7 Å². The predicted molar refractivity (Wildman–Crippen MR) is 69.9 cm³/mol. The highest BCUT2D eigenvalue weighted by molar-refractivity contribution is 9.10. The molecule has 0 aliphatic heterocycles. The van der Waals surface area contributed by atoms with Crippen LogP contribution in [0.4, 0.5) is 0 Å². The maximum absolute atomic E-state index is 12.2. The first-order chi connectivity index (χ1) is 8.22. The van der Waals surface area contributed by atoms with Crippen LogP contribution in [0.25, 0.3) is 0 Å². The molecule has 2 nitrogen and oxygen atoms in total. The van der Waals surface area contributed by atoms with Crippen LogP contribution in [0.3, 0.4) is 0 Å². The fraction of sp³-hybridized carbons (Fsp3) is 0.0714. The minimum Gasteiger partial charge on any atom is -0.392 e. The van der Waals surface area contributed by atoms with Gasteiger partial charge in [-0.2, -0.15) is 0 Å². The standard InChI is InChI=1S/C14H11BrO2/c15-12-6-7-13(11(8-12)9-16)14(17)10-4-2-1-3-5-10/h1-8,16H,9H2. The molecule has 0 saturated carbocycles.